The van der Waals surface area contributed by atoms with Crippen molar-refractivity contribution >= 4 is 21.4 Å². The molecule has 0 aliphatic carbocycles. The van der Waals surface area contributed by atoms with Crippen molar-refractivity contribution in [2.75, 3.05) is 26.2 Å². The molecule has 2 aliphatic rings. The lowest BCUT2D eigenvalue weighted by molar-refractivity contribution is 0.449. The molecule has 100 valence electrons. The average molecular weight is 286 g/mol. The van der Waals surface area contributed by atoms with Crippen molar-refractivity contribution in [3.63, 3.8) is 0 Å². The molecule has 0 aromatic carbocycles. The van der Waals surface area contributed by atoms with Gasteiger partial charge in [0.15, 0.2) is 0 Å². The zero-order valence-electron chi connectivity index (χ0n) is 10.4. The van der Waals surface area contributed by atoms with Crippen LogP contribution in [0.4, 0.5) is 0 Å². The van der Waals surface area contributed by atoms with Crippen LogP contribution < -0.4 is 5.32 Å². The number of nitrogens with zero attached hydrogens (tertiary/aromatic N) is 1. The Labute approximate surface area is 112 Å². The Bertz CT molecular complexity index is 526. The Morgan fingerprint density at radius 1 is 1.33 bits per heavy atom. The van der Waals surface area contributed by atoms with Gasteiger partial charge in [-0.15, -0.1) is 11.3 Å². The molecule has 0 radical (unpaired) electrons. The molecule has 4 nitrogen and oxygen atoms in total. The van der Waals surface area contributed by atoms with Crippen LogP contribution in [0.3, 0.4) is 0 Å². The molecule has 2 aliphatic heterocycles. The minimum Gasteiger partial charge on any atom is -0.316 e. The lowest BCUT2D eigenvalue weighted by Crippen LogP contribution is -2.31. The second-order valence-corrected chi connectivity index (χ2v) is 8.41. The summed E-state index contributed by atoms with van der Waals surface area (Å²) in [7, 11) is -3.25. The van der Waals surface area contributed by atoms with Crippen LogP contribution in [0.15, 0.2) is 16.3 Å². The highest BCUT2D eigenvalue weighted by molar-refractivity contribution is 7.91. The molecular formula is C12H18N2O2S2. The van der Waals surface area contributed by atoms with Crippen molar-refractivity contribution in [3.05, 3.63) is 17.0 Å². The second kappa shape index (κ2) is 4.59. The summed E-state index contributed by atoms with van der Waals surface area (Å²) in [6, 6.07) is 3.68. The third-order valence-corrected chi connectivity index (χ3v) is 7.46. The van der Waals surface area contributed by atoms with Gasteiger partial charge < -0.3 is 5.32 Å². The van der Waals surface area contributed by atoms with Crippen LogP contribution in [0, 0.1) is 11.8 Å². The molecule has 3 rings (SSSR count). The summed E-state index contributed by atoms with van der Waals surface area (Å²) in [4.78, 5) is 1.13. The van der Waals surface area contributed by atoms with E-state index in [9.17, 15) is 8.42 Å². The molecule has 6 heteroatoms. The van der Waals surface area contributed by atoms with E-state index in [1.54, 1.807) is 10.4 Å². The molecule has 0 spiro atoms. The summed E-state index contributed by atoms with van der Waals surface area (Å²) in [5.74, 6) is 1.01. The molecule has 2 fully saturated rings. The molecule has 2 atom stereocenters. The number of thiophene rings is 1. The van der Waals surface area contributed by atoms with Crippen molar-refractivity contribution in [1.82, 2.24) is 9.62 Å². The second-order valence-electron chi connectivity index (χ2n) is 5.07. The molecule has 18 heavy (non-hydrogen) atoms. The van der Waals surface area contributed by atoms with Crippen molar-refractivity contribution in [3.8, 4) is 0 Å². The van der Waals surface area contributed by atoms with Gasteiger partial charge >= 0.3 is 0 Å². The van der Waals surface area contributed by atoms with Gasteiger partial charge in [0.1, 0.15) is 4.21 Å². The molecule has 0 unspecified atom stereocenters. The van der Waals surface area contributed by atoms with Gasteiger partial charge in [0, 0.05) is 18.0 Å². The third-order valence-electron chi connectivity index (χ3n) is 3.94. The van der Waals surface area contributed by atoms with Crippen molar-refractivity contribution in [2.24, 2.45) is 11.8 Å². The quantitative estimate of drug-likeness (QED) is 0.907. The van der Waals surface area contributed by atoms with Gasteiger partial charge in [-0.25, -0.2) is 8.42 Å². The summed E-state index contributed by atoms with van der Waals surface area (Å²) in [5.41, 5.74) is 0. The molecule has 1 aromatic heterocycles. The Balaban J connectivity index is 1.82. The Morgan fingerprint density at radius 3 is 2.56 bits per heavy atom. The maximum absolute atomic E-state index is 12.5. The van der Waals surface area contributed by atoms with Gasteiger partial charge in [-0.3, -0.25) is 0 Å². The zero-order valence-corrected chi connectivity index (χ0v) is 12.1. The standard InChI is InChI=1S/C12H18N2O2S2/c1-2-11-3-4-12(17-11)18(15,16)14-7-9-5-13-6-10(9)8-14/h3-4,9-10,13H,2,5-8H2,1H3/t9-,10+. The topological polar surface area (TPSA) is 49.4 Å². The van der Waals surface area contributed by atoms with Crippen molar-refractivity contribution in [1.29, 1.82) is 0 Å². The third kappa shape index (κ3) is 2.01. The number of fused-ring (bicyclic) bond motifs is 1. The van der Waals surface area contributed by atoms with E-state index in [0.29, 0.717) is 29.1 Å². The van der Waals surface area contributed by atoms with E-state index < -0.39 is 10.0 Å². The summed E-state index contributed by atoms with van der Waals surface area (Å²) < 4.78 is 27.2. The first-order valence-electron chi connectivity index (χ1n) is 6.41. The number of nitrogens with one attached hydrogen (secondary N) is 1. The Hall–Kier alpha value is -0.430. The Morgan fingerprint density at radius 2 is 2.00 bits per heavy atom. The smallest absolute Gasteiger partial charge is 0.252 e. The van der Waals surface area contributed by atoms with Crippen molar-refractivity contribution < 1.29 is 8.42 Å². The van der Waals surface area contributed by atoms with Crippen LogP contribution in [0.5, 0.6) is 0 Å². The zero-order chi connectivity index (χ0) is 12.8. The highest BCUT2D eigenvalue weighted by Gasteiger charge is 2.41. The maximum Gasteiger partial charge on any atom is 0.252 e. The van der Waals surface area contributed by atoms with E-state index in [-0.39, 0.29) is 0 Å². The summed E-state index contributed by atoms with van der Waals surface area (Å²) in [5, 5.41) is 3.33. The van der Waals surface area contributed by atoms with Gasteiger partial charge in [0.25, 0.3) is 10.0 Å². The fraction of sp³-hybridized carbons (Fsp3) is 0.667. The normalized spacial score (nSPS) is 28.7. The molecule has 0 amide bonds. The first kappa shape index (κ1) is 12.6. The summed E-state index contributed by atoms with van der Waals surface area (Å²) in [6.45, 7) is 5.33. The van der Waals surface area contributed by atoms with Crippen LogP contribution in [-0.4, -0.2) is 38.9 Å². The molecule has 2 saturated heterocycles. The van der Waals surface area contributed by atoms with Crippen LogP contribution in [0.2, 0.25) is 0 Å². The van der Waals surface area contributed by atoms with Gasteiger partial charge in [-0.05, 0) is 43.5 Å². The van der Waals surface area contributed by atoms with Gasteiger partial charge in [0.2, 0.25) is 0 Å². The minimum atomic E-state index is -3.25. The fourth-order valence-electron chi connectivity index (χ4n) is 2.82. The predicted octanol–water partition coefficient (Wildman–Crippen LogP) is 1.15. The van der Waals surface area contributed by atoms with Gasteiger partial charge in [-0.2, -0.15) is 4.31 Å². The number of hydrogen-bond donors (Lipinski definition) is 1. The number of sulfonamides is 1. The average Bonchev–Trinajstić information content (AvgIpc) is 3.03. The van der Waals surface area contributed by atoms with E-state index in [2.05, 4.69) is 5.32 Å². The van der Waals surface area contributed by atoms with Gasteiger partial charge in [-0.1, -0.05) is 6.92 Å². The van der Waals surface area contributed by atoms with E-state index in [0.717, 1.165) is 24.4 Å². The van der Waals surface area contributed by atoms with Crippen LogP contribution in [-0.2, 0) is 16.4 Å². The van der Waals surface area contributed by atoms with Crippen LogP contribution in [0.25, 0.3) is 0 Å². The highest BCUT2D eigenvalue weighted by atomic mass is 32.2. The summed E-state index contributed by atoms with van der Waals surface area (Å²) in [6.07, 6.45) is 0.898. The molecule has 0 bridgehead atoms. The summed E-state index contributed by atoms with van der Waals surface area (Å²) >= 11 is 1.41. The largest absolute Gasteiger partial charge is 0.316 e. The fourth-order valence-corrected chi connectivity index (χ4v) is 5.83. The minimum absolute atomic E-state index is 0.505. The number of hydrogen-bond acceptors (Lipinski definition) is 4. The molecule has 3 heterocycles. The predicted molar refractivity (Wildman–Crippen MR) is 72.3 cm³/mol. The highest BCUT2D eigenvalue weighted by Crippen LogP contribution is 2.33. The SMILES string of the molecule is CCc1ccc(S(=O)(=O)N2C[C@H]3CNC[C@H]3C2)s1. The number of rotatable bonds is 3. The van der Waals surface area contributed by atoms with Gasteiger partial charge in [0.05, 0.1) is 0 Å². The number of aryl methyl sites for hydroxylation is 1. The van der Waals surface area contributed by atoms with E-state index >= 15 is 0 Å². The van der Waals surface area contributed by atoms with E-state index in [1.165, 1.54) is 11.3 Å². The maximum atomic E-state index is 12.5. The Kier molecular flexibility index (Phi) is 3.21. The monoisotopic (exact) mass is 286 g/mol. The van der Waals surface area contributed by atoms with E-state index in [4.69, 9.17) is 0 Å². The molecule has 1 aromatic rings. The van der Waals surface area contributed by atoms with Crippen LogP contribution in [0.1, 0.15) is 11.8 Å². The van der Waals surface area contributed by atoms with Crippen molar-refractivity contribution in [2.45, 2.75) is 17.6 Å². The first-order valence-corrected chi connectivity index (χ1v) is 8.66. The molecule has 0 saturated carbocycles. The first-order chi connectivity index (χ1) is 8.61. The van der Waals surface area contributed by atoms with E-state index in [1.807, 2.05) is 13.0 Å². The molecule has 1 N–H and O–H groups in total. The van der Waals surface area contributed by atoms with Crippen LogP contribution >= 0.6 is 11.3 Å². The molecular weight excluding hydrogens is 268 g/mol. The lowest BCUT2D eigenvalue weighted by Gasteiger charge is -2.16. The lowest BCUT2D eigenvalue weighted by atomic mass is 10.0.